The molecule has 0 aromatic carbocycles. The van der Waals surface area contributed by atoms with Crippen molar-refractivity contribution in [1.82, 2.24) is 10.3 Å². The Morgan fingerprint density at radius 3 is 2.92 bits per heavy atom. The van der Waals surface area contributed by atoms with Gasteiger partial charge in [0.2, 0.25) is 0 Å². The highest BCUT2D eigenvalue weighted by Gasteiger charge is 1.98. The van der Waals surface area contributed by atoms with E-state index in [0.717, 1.165) is 16.6 Å². The lowest BCUT2D eigenvalue weighted by atomic mass is 9.94. The summed E-state index contributed by atoms with van der Waals surface area (Å²) in [6, 6.07) is 2.03. The standard InChI is InChI=1S/C9H14BN3/c1-6(4-12-2)7-3-8(10)9(11)13-5-7/h3-5,12H,10H2,1-2H3,(H2,11,13)/b6-4+. The summed E-state index contributed by atoms with van der Waals surface area (Å²) in [6.07, 6.45) is 3.72. The van der Waals surface area contributed by atoms with Gasteiger partial charge in [-0.25, -0.2) is 4.98 Å². The molecule has 0 radical (unpaired) electrons. The number of nitrogens with one attached hydrogen (secondary N) is 1. The lowest BCUT2D eigenvalue weighted by molar-refractivity contribution is 1.10. The maximum atomic E-state index is 5.62. The minimum Gasteiger partial charge on any atom is -0.394 e. The van der Waals surface area contributed by atoms with Crippen molar-refractivity contribution in [2.75, 3.05) is 12.8 Å². The molecule has 0 aliphatic heterocycles. The van der Waals surface area contributed by atoms with E-state index in [1.807, 2.05) is 34.1 Å². The molecule has 0 atom stereocenters. The Kier molecular flexibility index (Phi) is 2.95. The van der Waals surface area contributed by atoms with Gasteiger partial charge in [0.15, 0.2) is 0 Å². The zero-order chi connectivity index (χ0) is 9.84. The maximum absolute atomic E-state index is 5.62. The zero-order valence-electron chi connectivity index (χ0n) is 8.26. The highest BCUT2D eigenvalue weighted by Crippen LogP contribution is 2.10. The molecule has 1 heterocycles. The average molecular weight is 175 g/mol. The van der Waals surface area contributed by atoms with Crippen molar-refractivity contribution in [3.8, 4) is 0 Å². The molecule has 1 rings (SSSR count). The molecule has 3 nitrogen and oxygen atoms in total. The smallest absolute Gasteiger partial charge is 0.144 e. The number of nitrogen functional groups attached to an aromatic ring is 1. The number of hydrogen-bond donors (Lipinski definition) is 2. The molecule has 0 saturated heterocycles. The van der Waals surface area contributed by atoms with Gasteiger partial charge in [0.1, 0.15) is 13.7 Å². The Labute approximate surface area is 79.5 Å². The van der Waals surface area contributed by atoms with Crippen LogP contribution in [-0.2, 0) is 0 Å². The second-order valence-electron chi connectivity index (χ2n) is 3.04. The Hall–Kier alpha value is -1.45. The molecular formula is C9H14BN3. The predicted octanol–water partition coefficient (Wildman–Crippen LogP) is -0.498. The lowest BCUT2D eigenvalue weighted by Crippen LogP contribution is -2.12. The first kappa shape index (κ1) is 9.64. The quantitative estimate of drug-likeness (QED) is 0.596. The number of rotatable bonds is 2. The van der Waals surface area contributed by atoms with Crippen LogP contribution in [0.2, 0.25) is 0 Å². The molecule has 13 heavy (non-hydrogen) atoms. The molecule has 68 valence electrons. The van der Waals surface area contributed by atoms with Crippen LogP contribution >= 0.6 is 0 Å². The Morgan fingerprint density at radius 2 is 2.38 bits per heavy atom. The van der Waals surface area contributed by atoms with Gasteiger partial charge in [-0.3, -0.25) is 0 Å². The van der Waals surface area contributed by atoms with Crippen molar-refractivity contribution in [2.24, 2.45) is 0 Å². The van der Waals surface area contributed by atoms with Crippen LogP contribution in [0.1, 0.15) is 12.5 Å². The molecule has 0 aliphatic carbocycles. The zero-order valence-corrected chi connectivity index (χ0v) is 8.26. The van der Waals surface area contributed by atoms with E-state index in [-0.39, 0.29) is 0 Å². The molecule has 0 spiro atoms. The third kappa shape index (κ3) is 2.24. The summed E-state index contributed by atoms with van der Waals surface area (Å²) < 4.78 is 0. The molecule has 4 heteroatoms. The minimum absolute atomic E-state index is 0.598. The van der Waals surface area contributed by atoms with E-state index in [2.05, 4.69) is 10.3 Å². The van der Waals surface area contributed by atoms with Crippen LogP contribution in [0.5, 0.6) is 0 Å². The minimum atomic E-state index is 0.598. The van der Waals surface area contributed by atoms with Gasteiger partial charge in [-0.05, 0) is 29.7 Å². The van der Waals surface area contributed by atoms with Crippen LogP contribution in [0.3, 0.4) is 0 Å². The second-order valence-corrected chi connectivity index (χ2v) is 3.04. The van der Waals surface area contributed by atoms with E-state index >= 15 is 0 Å². The molecule has 0 bridgehead atoms. The highest BCUT2D eigenvalue weighted by molar-refractivity contribution is 6.35. The summed E-state index contributed by atoms with van der Waals surface area (Å²) in [4.78, 5) is 4.09. The van der Waals surface area contributed by atoms with Gasteiger partial charge >= 0.3 is 0 Å². The van der Waals surface area contributed by atoms with Crippen LogP contribution in [0.25, 0.3) is 5.57 Å². The summed E-state index contributed by atoms with van der Waals surface area (Å²) in [5.41, 5.74) is 8.88. The van der Waals surface area contributed by atoms with Gasteiger partial charge in [0.25, 0.3) is 0 Å². The summed E-state index contributed by atoms with van der Waals surface area (Å²) in [7, 11) is 3.83. The molecule has 3 N–H and O–H groups in total. The summed E-state index contributed by atoms with van der Waals surface area (Å²) in [6.45, 7) is 2.03. The number of pyridine rings is 1. The molecular weight excluding hydrogens is 161 g/mol. The first-order chi connectivity index (χ1) is 6.15. The number of hydrogen-bond acceptors (Lipinski definition) is 3. The lowest BCUT2D eigenvalue weighted by Gasteiger charge is -2.04. The third-order valence-corrected chi connectivity index (χ3v) is 1.93. The first-order valence-corrected chi connectivity index (χ1v) is 4.21. The molecule has 0 unspecified atom stereocenters. The molecule has 1 aromatic rings. The largest absolute Gasteiger partial charge is 0.394 e. The molecule has 0 fully saturated rings. The fourth-order valence-electron chi connectivity index (χ4n) is 1.10. The van der Waals surface area contributed by atoms with Gasteiger partial charge in [-0.2, -0.15) is 0 Å². The number of allylic oxidation sites excluding steroid dienone is 1. The summed E-state index contributed by atoms with van der Waals surface area (Å²) in [5, 5.41) is 2.98. The van der Waals surface area contributed by atoms with Crippen molar-refractivity contribution < 1.29 is 0 Å². The fraction of sp³-hybridized carbons (Fsp3) is 0.222. The Morgan fingerprint density at radius 1 is 1.69 bits per heavy atom. The van der Waals surface area contributed by atoms with E-state index in [4.69, 9.17) is 5.73 Å². The Bertz CT molecular complexity index is 334. The van der Waals surface area contributed by atoms with Gasteiger partial charge in [0, 0.05) is 13.2 Å². The van der Waals surface area contributed by atoms with E-state index < -0.39 is 0 Å². The highest BCUT2D eigenvalue weighted by atomic mass is 14.8. The topological polar surface area (TPSA) is 50.9 Å². The van der Waals surface area contributed by atoms with E-state index in [1.54, 1.807) is 6.20 Å². The molecule has 0 saturated carbocycles. The Balaban J connectivity index is 3.04. The van der Waals surface area contributed by atoms with Crippen LogP contribution in [-0.4, -0.2) is 19.9 Å². The van der Waals surface area contributed by atoms with Crippen LogP contribution in [0.4, 0.5) is 5.82 Å². The van der Waals surface area contributed by atoms with Gasteiger partial charge in [-0.15, -0.1) is 0 Å². The molecule has 1 aromatic heterocycles. The van der Waals surface area contributed by atoms with Gasteiger partial charge < -0.3 is 11.1 Å². The predicted molar refractivity (Wildman–Crippen MR) is 59.5 cm³/mol. The number of anilines is 1. The van der Waals surface area contributed by atoms with Crippen LogP contribution in [0.15, 0.2) is 18.5 Å². The first-order valence-electron chi connectivity index (χ1n) is 4.21. The van der Waals surface area contributed by atoms with Crippen molar-refractivity contribution in [1.29, 1.82) is 0 Å². The van der Waals surface area contributed by atoms with E-state index in [9.17, 15) is 0 Å². The maximum Gasteiger partial charge on any atom is 0.144 e. The van der Waals surface area contributed by atoms with Gasteiger partial charge in [0.05, 0.1) is 0 Å². The number of nitrogens with zero attached hydrogens (tertiary/aromatic N) is 1. The molecule has 0 aliphatic rings. The van der Waals surface area contributed by atoms with Crippen LogP contribution < -0.4 is 16.5 Å². The van der Waals surface area contributed by atoms with Crippen molar-refractivity contribution >= 4 is 24.7 Å². The van der Waals surface area contributed by atoms with Crippen molar-refractivity contribution in [2.45, 2.75) is 6.92 Å². The normalized spacial score (nSPS) is 11.4. The fourth-order valence-corrected chi connectivity index (χ4v) is 1.10. The van der Waals surface area contributed by atoms with E-state index in [0.29, 0.717) is 5.82 Å². The van der Waals surface area contributed by atoms with Gasteiger partial charge in [-0.1, -0.05) is 6.07 Å². The summed E-state index contributed by atoms with van der Waals surface area (Å²) in [5.74, 6) is 0.598. The SMILES string of the molecule is Bc1cc(/C(C)=C/NC)cnc1N. The van der Waals surface area contributed by atoms with E-state index in [1.165, 1.54) is 0 Å². The summed E-state index contributed by atoms with van der Waals surface area (Å²) >= 11 is 0. The monoisotopic (exact) mass is 175 g/mol. The average Bonchev–Trinajstić information content (AvgIpc) is 2.10. The van der Waals surface area contributed by atoms with Crippen molar-refractivity contribution in [3.05, 3.63) is 24.0 Å². The molecule has 0 amide bonds. The third-order valence-electron chi connectivity index (χ3n) is 1.93. The number of aromatic nitrogens is 1. The van der Waals surface area contributed by atoms with Crippen LogP contribution in [0, 0.1) is 0 Å². The second kappa shape index (κ2) is 3.98. The number of nitrogens with two attached hydrogens (primary N) is 1. The van der Waals surface area contributed by atoms with Crippen molar-refractivity contribution in [3.63, 3.8) is 0 Å².